The van der Waals surface area contributed by atoms with Crippen molar-refractivity contribution < 1.29 is 9.53 Å². The predicted molar refractivity (Wildman–Crippen MR) is 140 cm³/mol. The zero-order valence-corrected chi connectivity index (χ0v) is 19.9. The van der Waals surface area contributed by atoms with Crippen LogP contribution in [0.1, 0.15) is 31.0 Å². The maximum absolute atomic E-state index is 12.2. The molecule has 0 aliphatic heterocycles. The SMILES string of the molecule is CCNC(=O)Nc1ccc(CNC(C)c2cccc3ccccc23)cc1-c1ccc(OC)cc1. The molecule has 0 aliphatic rings. The van der Waals surface area contributed by atoms with Crippen LogP contribution in [0.15, 0.2) is 84.9 Å². The van der Waals surface area contributed by atoms with Gasteiger partial charge in [0.1, 0.15) is 5.75 Å². The number of hydrogen-bond acceptors (Lipinski definition) is 3. The van der Waals surface area contributed by atoms with Crippen LogP contribution in [0.2, 0.25) is 0 Å². The quantitative estimate of drug-likeness (QED) is 0.285. The second-order valence-electron chi connectivity index (χ2n) is 8.26. The number of fused-ring (bicyclic) bond motifs is 1. The number of benzene rings is 4. The van der Waals surface area contributed by atoms with E-state index in [0.717, 1.165) is 28.1 Å². The van der Waals surface area contributed by atoms with E-state index in [1.165, 1.54) is 16.3 Å². The largest absolute Gasteiger partial charge is 0.497 e. The molecule has 4 aromatic carbocycles. The van der Waals surface area contributed by atoms with Gasteiger partial charge in [-0.2, -0.15) is 0 Å². The minimum absolute atomic E-state index is 0.184. The van der Waals surface area contributed by atoms with Crippen molar-refractivity contribution in [3.8, 4) is 16.9 Å². The molecule has 0 radical (unpaired) electrons. The molecule has 174 valence electrons. The normalized spacial score (nSPS) is 11.7. The molecule has 4 rings (SSSR count). The van der Waals surface area contributed by atoms with Crippen LogP contribution in [0.3, 0.4) is 0 Å². The minimum atomic E-state index is -0.215. The molecule has 2 amide bonds. The summed E-state index contributed by atoms with van der Waals surface area (Å²) in [6, 6.07) is 28.9. The monoisotopic (exact) mass is 453 g/mol. The van der Waals surface area contributed by atoms with Gasteiger partial charge in [0.05, 0.1) is 12.8 Å². The maximum atomic E-state index is 12.2. The molecule has 0 aliphatic carbocycles. The van der Waals surface area contributed by atoms with Gasteiger partial charge in [-0.15, -0.1) is 0 Å². The number of hydrogen-bond donors (Lipinski definition) is 3. The first-order chi connectivity index (χ1) is 16.6. The Hall–Kier alpha value is -3.83. The summed E-state index contributed by atoms with van der Waals surface area (Å²) >= 11 is 0. The molecule has 1 unspecified atom stereocenters. The Morgan fingerprint density at radius 2 is 1.71 bits per heavy atom. The van der Waals surface area contributed by atoms with Gasteiger partial charge in [-0.05, 0) is 65.6 Å². The van der Waals surface area contributed by atoms with E-state index < -0.39 is 0 Å². The van der Waals surface area contributed by atoms with Crippen molar-refractivity contribution >= 4 is 22.5 Å². The zero-order valence-electron chi connectivity index (χ0n) is 19.9. The van der Waals surface area contributed by atoms with E-state index in [2.05, 4.69) is 77.5 Å². The van der Waals surface area contributed by atoms with Crippen molar-refractivity contribution in [3.63, 3.8) is 0 Å². The molecule has 1 atom stereocenters. The first-order valence-electron chi connectivity index (χ1n) is 11.6. The molecule has 5 heteroatoms. The molecule has 0 saturated carbocycles. The van der Waals surface area contributed by atoms with Gasteiger partial charge in [-0.1, -0.05) is 60.7 Å². The molecule has 3 N–H and O–H groups in total. The van der Waals surface area contributed by atoms with E-state index in [4.69, 9.17) is 4.74 Å². The fraction of sp³-hybridized carbons (Fsp3) is 0.207. The van der Waals surface area contributed by atoms with Crippen LogP contribution in [-0.2, 0) is 6.54 Å². The summed E-state index contributed by atoms with van der Waals surface area (Å²) in [5.41, 5.74) is 5.16. The number of amides is 2. The Kier molecular flexibility index (Phi) is 7.45. The van der Waals surface area contributed by atoms with Crippen molar-refractivity contribution in [1.29, 1.82) is 0 Å². The molecule has 0 aromatic heterocycles. The average molecular weight is 454 g/mol. The fourth-order valence-corrected chi connectivity index (χ4v) is 4.16. The highest BCUT2D eigenvalue weighted by Crippen LogP contribution is 2.31. The molecule has 4 aromatic rings. The van der Waals surface area contributed by atoms with Gasteiger partial charge in [-0.3, -0.25) is 0 Å². The van der Waals surface area contributed by atoms with Gasteiger partial charge >= 0.3 is 6.03 Å². The van der Waals surface area contributed by atoms with E-state index in [0.29, 0.717) is 13.1 Å². The van der Waals surface area contributed by atoms with Crippen molar-refractivity contribution in [2.45, 2.75) is 26.4 Å². The van der Waals surface area contributed by atoms with Gasteiger partial charge in [0.2, 0.25) is 0 Å². The first-order valence-corrected chi connectivity index (χ1v) is 11.6. The standard InChI is InChI=1S/C29H31N3O2/c1-4-30-29(33)32-28-17-12-21(18-27(28)23-13-15-24(34-3)16-14-23)19-31-20(2)25-11-7-9-22-8-5-6-10-26(22)25/h5-18,20,31H,4,19H2,1-3H3,(H2,30,32,33). The number of anilines is 1. The molecule has 0 bridgehead atoms. The number of nitrogens with one attached hydrogen (secondary N) is 3. The summed E-state index contributed by atoms with van der Waals surface area (Å²) < 4.78 is 5.30. The number of carbonyl (C=O) groups is 1. The number of rotatable bonds is 8. The van der Waals surface area contributed by atoms with Crippen molar-refractivity contribution in [2.75, 3.05) is 19.0 Å². The van der Waals surface area contributed by atoms with Crippen molar-refractivity contribution in [1.82, 2.24) is 10.6 Å². The second-order valence-corrected chi connectivity index (χ2v) is 8.26. The lowest BCUT2D eigenvalue weighted by Gasteiger charge is -2.18. The summed E-state index contributed by atoms with van der Waals surface area (Å²) in [7, 11) is 1.65. The molecular weight excluding hydrogens is 422 g/mol. The Bertz CT molecular complexity index is 1260. The third-order valence-electron chi connectivity index (χ3n) is 5.97. The smallest absolute Gasteiger partial charge is 0.319 e. The first kappa shape index (κ1) is 23.3. The summed E-state index contributed by atoms with van der Waals surface area (Å²) in [5, 5.41) is 12.0. The average Bonchev–Trinajstić information content (AvgIpc) is 2.87. The van der Waals surface area contributed by atoms with E-state index >= 15 is 0 Å². The zero-order chi connectivity index (χ0) is 23.9. The molecule has 0 heterocycles. The van der Waals surface area contributed by atoms with Crippen LogP contribution in [0.25, 0.3) is 21.9 Å². The van der Waals surface area contributed by atoms with E-state index in [9.17, 15) is 4.79 Å². The highest BCUT2D eigenvalue weighted by molar-refractivity contribution is 5.94. The molecular formula is C29H31N3O2. The van der Waals surface area contributed by atoms with Crippen molar-refractivity contribution in [2.24, 2.45) is 0 Å². The molecule has 0 saturated heterocycles. The van der Waals surface area contributed by atoms with E-state index in [-0.39, 0.29) is 12.1 Å². The van der Waals surface area contributed by atoms with Crippen LogP contribution < -0.4 is 20.7 Å². The van der Waals surface area contributed by atoms with Crippen molar-refractivity contribution in [3.05, 3.63) is 96.1 Å². The topological polar surface area (TPSA) is 62.4 Å². The third-order valence-corrected chi connectivity index (χ3v) is 5.97. The highest BCUT2D eigenvalue weighted by Gasteiger charge is 2.12. The van der Waals surface area contributed by atoms with Crippen LogP contribution in [0.4, 0.5) is 10.5 Å². The van der Waals surface area contributed by atoms with Gasteiger partial charge < -0.3 is 20.7 Å². The number of carbonyl (C=O) groups excluding carboxylic acids is 1. The van der Waals surface area contributed by atoms with Crippen LogP contribution in [0, 0.1) is 0 Å². The predicted octanol–water partition coefficient (Wildman–Crippen LogP) is 6.51. The summed E-state index contributed by atoms with van der Waals surface area (Å²) in [6.45, 7) is 5.36. The molecule has 0 spiro atoms. The molecule has 0 fully saturated rings. The van der Waals surface area contributed by atoms with Gasteiger partial charge in [-0.25, -0.2) is 4.79 Å². The van der Waals surface area contributed by atoms with Crippen LogP contribution in [-0.4, -0.2) is 19.7 Å². The second kappa shape index (κ2) is 10.9. The number of methoxy groups -OCH3 is 1. The van der Waals surface area contributed by atoms with E-state index in [1.807, 2.05) is 37.3 Å². The van der Waals surface area contributed by atoms with Crippen LogP contribution in [0.5, 0.6) is 5.75 Å². The van der Waals surface area contributed by atoms with Gasteiger partial charge in [0.15, 0.2) is 0 Å². The van der Waals surface area contributed by atoms with Gasteiger partial charge in [0, 0.05) is 24.7 Å². The summed E-state index contributed by atoms with van der Waals surface area (Å²) in [5.74, 6) is 0.795. The highest BCUT2D eigenvalue weighted by atomic mass is 16.5. The van der Waals surface area contributed by atoms with Gasteiger partial charge in [0.25, 0.3) is 0 Å². The van der Waals surface area contributed by atoms with E-state index in [1.54, 1.807) is 7.11 Å². The minimum Gasteiger partial charge on any atom is -0.497 e. The molecule has 34 heavy (non-hydrogen) atoms. The lowest BCUT2D eigenvalue weighted by molar-refractivity contribution is 0.252. The number of ether oxygens (including phenoxy) is 1. The Morgan fingerprint density at radius 1 is 0.941 bits per heavy atom. The number of urea groups is 1. The van der Waals surface area contributed by atoms with Crippen LogP contribution >= 0.6 is 0 Å². The fourth-order valence-electron chi connectivity index (χ4n) is 4.16. The summed E-state index contributed by atoms with van der Waals surface area (Å²) in [6.07, 6.45) is 0. The summed E-state index contributed by atoms with van der Waals surface area (Å²) in [4.78, 5) is 12.2. The lowest BCUT2D eigenvalue weighted by atomic mass is 9.98. The lowest BCUT2D eigenvalue weighted by Crippen LogP contribution is -2.28. The molecule has 5 nitrogen and oxygen atoms in total. The Morgan fingerprint density at radius 3 is 2.47 bits per heavy atom. The Balaban J connectivity index is 1.58. The third kappa shape index (κ3) is 5.38. The maximum Gasteiger partial charge on any atom is 0.319 e. The Labute approximate surface area is 201 Å².